The monoisotopic (exact) mass is 410 g/mol. The summed E-state index contributed by atoms with van der Waals surface area (Å²) in [5.41, 5.74) is 6.59. The first-order chi connectivity index (χ1) is 14.6. The predicted octanol–water partition coefficient (Wildman–Crippen LogP) is 1.35. The minimum Gasteiger partial charge on any atom is -0.496 e. The fourth-order valence-electron chi connectivity index (χ4n) is 2.62. The standard InChI is InChI=1S/C20H22N6O4/c1-3-30-13-16-11-15(9-10-17(16)29-2)20(28)23-21-18(27)12-26-24-19(22-25-26)14-7-5-4-6-8-14/h4-11H,3,12-13H2,1-2H3,(H,21,27)(H,23,28). The number of carbonyl (C=O) groups is 2. The smallest absolute Gasteiger partial charge is 0.269 e. The second-order valence-electron chi connectivity index (χ2n) is 6.18. The number of carbonyl (C=O) groups excluding carboxylic acids is 2. The molecule has 0 fully saturated rings. The first-order valence-electron chi connectivity index (χ1n) is 9.27. The van der Waals surface area contributed by atoms with Gasteiger partial charge in [-0.05, 0) is 30.3 Å². The number of aromatic nitrogens is 4. The first-order valence-corrected chi connectivity index (χ1v) is 9.27. The fraction of sp³-hybridized carbons (Fsp3) is 0.250. The summed E-state index contributed by atoms with van der Waals surface area (Å²) in [5, 5.41) is 11.9. The Bertz CT molecular complexity index is 1010. The molecule has 2 aromatic carbocycles. The van der Waals surface area contributed by atoms with Crippen LogP contribution < -0.4 is 15.6 Å². The number of amides is 2. The van der Waals surface area contributed by atoms with Gasteiger partial charge in [0, 0.05) is 23.3 Å². The van der Waals surface area contributed by atoms with Gasteiger partial charge in [0.25, 0.3) is 11.8 Å². The van der Waals surface area contributed by atoms with E-state index in [2.05, 4.69) is 26.3 Å². The van der Waals surface area contributed by atoms with E-state index in [9.17, 15) is 9.59 Å². The maximum absolute atomic E-state index is 12.4. The van der Waals surface area contributed by atoms with Gasteiger partial charge in [0.2, 0.25) is 5.82 Å². The van der Waals surface area contributed by atoms with E-state index in [1.807, 2.05) is 37.3 Å². The van der Waals surface area contributed by atoms with Crippen LogP contribution in [0.1, 0.15) is 22.8 Å². The van der Waals surface area contributed by atoms with Crippen molar-refractivity contribution in [3.05, 3.63) is 59.7 Å². The van der Waals surface area contributed by atoms with Crippen LogP contribution in [-0.2, 0) is 22.7 Å². The van der Waals surface area contributed by atoms with Gasteiger partial charge in [-0.3, -0.25) is 20.4 Å². The van der Waals surface area contributed by atoms with E-state index in [0.717, 1.165) is 15.9 Å². The largest absolute Gasteiger partial charge is 0.496 e. The molecule has 3 rings (SSSR count). The molecule has 0 saturated carbocycles. The van der Waals surface area contributed by atoms with Crippen LogP contribution in [0.2, 0.25) is 0 Å². The topological polar surface area (TPSA) is 120 Å². The zero-order valence-electron chi connectivity index (χ0n) is 16.7. The van der Waals surface area contributed by atoms with Crippen molar-refractivity contribution >= 4 is 11.8 Å². The highest BCUT2D eigenvalue weighted by Gasteiger charge is 2.13. The SMILES string of the molecule is CCOCc1cc(C(=O)NNC(=O)Cn2nnc(-c3ccccc3)n2)ccc1OC. The van der Waals surface area contributed by atoms with Gasteiger partial charge < -0.3 is 9.47 Å². The first kappa shape index (κ1) is 20.9. The maximum atomic E-state index is 12.4. The summed E-state index contributed by atoms with van der Waals surface area (Å²) in [7, 11) is 1.55. The maximum Gasteiger partial charge on any atom is 0.269 e. The molecule has 0 atom stereocenters. The summed E-state index contributed by atoms with van der Waals surface area (Å²) < 4.78 is 10.7. The summed E-state index contributed by atoms with van der Waals surface area (Å²) in [6.45, 7) is 2.54. The van der Waals surface area contributed by atoms with E-state index in [-0.39, 0.29) is 6.54 Å². The summed E-state index contributed by atoms with van der Waals surface area (Å²) >= 11 is 0. The number of tetrazole rings is 1. The summed E-state index contributed by atoms with van der Waals surface area (Å²) in [6.07, 6.45) is 0. The van der Waals surface area contributed by atoms with Crippen LogP contribution in [0.15, 0.2) is 48.5 Å². The highest BCUT2D eigenvalue weighted by Crippen LogP contribution is 2.20. The lowest BCUT2D eigenvalue weighted by atomic mass is 10.1. The number of hydrogen-bond donors (Lipinski definition) is 2. The van der Waals surface area contributed by atoms with Crippen LogP contribution in [-0.4, -0.2) is 45.7 Å². The van der Waals surface area contributed by atoms with Gasteiger partial charge in [-0.1, -0.05) is 30.3 Å². The third kappa shape index (κ3) is 5.39. The molecular weight excluding hydrogens is 388 g/mol. The molecule has 0 unspecified atom stereocenters. The van der Waals surface area contributed by atoms with Crippen LogP contribution in [0.25, 0.3) is 11.4 Å². The van der Waals surface area contributed by atoms with E-state index in [0.29, 0.717) is 30.4 Å². The molecule has 30 heavy (non-hydrogen) atoms. The third-order valence-electron chi connectivity index (χ3n) is 4.09. The third-order valence-corrected chi connectivity index (χ3v) is 4.09. The molecule has 10 heteroatoms. The molecule has 10 nitrogen and oxygen atoms in total. The van der Waals surface area contributed by atoms with Gasteiger partial charge in [-0.2, -0.15) is 4.80 Å². The molecule has 0 spiro atoms. The number of methoxy groups -OCH3 is 1. The molecule has 0 bridgehead atoms. The van der Waals surface area contributed by atoms with Crippen LogP contribution >= 0.6 is 0 Å². The number of hydrogen-bond acceptors (Lipinski definition) is 7. The normalized spacial score (nSPS) is 10.5. The predicted molar refractivity (Wildman–Crippen MR) is 107 cm³/mol. The van der Waals surface area contributed by atoms with Gasteiger partial charge in [0.1, 0.15) is 12.3 Å². The number of nitrogens with zero attached hydrogens (tertiary/aromatic N) is 4. The van der Waals surface area contributed by atoms with Gasteiger partial charge in [-0.25, -0.2) is 0 Å². The Hall–Kier alpha value is -3.79. The molecule has 0 aliphatic carbocycles. The summed E-state index contributed by atoms with van der Waals surface area (Å²) in [4.78, 5) is 25.6. The van der Waals surface area contributed by atoms with E-state index in [4.69, 9.17) is 9.47 Å². The fourth-order valence-corrected chi connectivity index (χ4v) is 2.62. The van der Waals surface area contributed by atoms with Crippen molar-refractivity contribution in [2.24, 2.45) is 0 Å². The lowest BCUT2D eigenvalue weighted by Gasteiger charge is -2.11. The van der Waals surface area contributed by atoms with Crippen molar-refractivity contribution in [1.29, 1.82) is 0 Å². The molecule has 3 aromatic rings. The lowest BCUT2D eigenvalue weighted by Crippen LogP contribution is -2.43. The van der Waals surface area contributed by atoms with E-state index < -0.39 is 11.8 Å². The van der Waals surface area contributed by atoms with E-state index in [1.165, 1.54) is 0 Å². The van der Waals surface area contributed by atoms with E-state index in [1.54, 1.807) is 25.3 Å². The Morgan fingerprint density at radius 1 is 1.10 bits per heavy atom. The molecule has 0 radical (unpaired) electrons. The molecule has 0 aliphatic rings. The quantitative estimate of drug-likeness (QED) is 0.538. The Balaban J connectivity index is 1.56. The van der Waals surface area contributed by atoms with Gasteiger partial charge in [-0.15, -0.1) is 10.2 Å². The second-order valence-corrected chi connectivity index (χ2v) is 6.18. The average Bonchev–Trinajstić information content (AvgIpc) is 3.24. The molecule has 1 heterocycles. The lowest BCUT2D eigenvalue weighted by molar-refractivity contribution is -0.122. The average molecular weight is 410 g/mol. The molecule has 1 aromatic heterocycles. The zero-order chi connectivity index (χ0) is 21.3. The Labute approximate surface area is 173 Å². The van der Waals surface area contributed by atoms with Crippen LogP contribution in [0.3, 0.4) is 0 Å². The Kier molecular flexibility index (Phi) is 7.06. The van der Waals surface area contributed by atoms with Crippen molar-refractivity contribution in [3.63, 3.8) is 0 Å². The number of ether oxygens (including phenoxy) is 2. The van der Waals surface area contributed by atoms with Crippen molar-refractivity contribution < 1.29 is 19.1 Å². The van der Waals surface area contributed by atoms with Gasteiger partial charge >= 0.3 is 0 Å². The summed E-state index contributed by atoms with van der Waals surface area (Å²) in [6, 6.07) is 14.2. The zero-order valence-corrected chi connectivity index (χ0v) is 16.7. The number of benzene rings is 2. The number of rotatable bonds is 8. The summed E-state index contributed by atoms with van der Waals surface area (Å²) in [5.74, 6) is 0.0618. The second kappa shape index (κ2) is 10.1. The minimum atomic E-state index is -0.497. The van der Waals surface area contributed by atoms with Crippen molar-refractivity contribution in [3.8, 4) is 17.1 Å². The van der Waals surface area contributed by atoms with Crippen molar-refractivity contribution in [2.75, 3.05) is 13.7 Å². The van der Waals surface area contributed by atoms with E-state index >= 15 is 0 Å². The number of hydrazine groups is 1. The van der Waals surface area contributed by atoms with Crippen molar-refractivity contribution in [1.82, 2.24) is 31.1 Å². The molecular formula is C20H22N6O4. The highest BCUT2D eigenvalue weighted by atomic mass is 16.5. The highest BCUT2D eigenvalue weighted by molar-refractivity contribution is 5.95. The molecule has 2 amide bonds. The van der Waals surface area contributed by atoms with Crippen LogP contribution in [0, 0.1) is 0 Å². The number of nitrogens with one attached hydrogen (secondary N) is 2. The van der Waals surface area contributed by atoms with Crippen LogP contribution in [0.4, 0.5) is 0 Å². The van der Waals surface area contributed by atoms with Crippen LogP contribution in [0.5, 0.6) is 5.75 Å². The van der Waals surface area contributed by atoms with Gasteiger partial charge in [0.05, 0.1) is 13.7 Å². The van der Waals surface area contributed by atoms with Crippen molar-refractivity contribution in [2.45, 2.75) is 20.1 Å². The molecule has 0 saturated heterocycles. The van der Waals surface area contributed by atoms with Gasteiger partial charge in [0.15, 0.2) is 0 Å². The molecule has 156 valence electrons. The minimum absolute atomic E-state index is 0.196. The molecule has 2 N–H and O–H groups in total. The Morgan fingerprint density at radius 3 is 2.63 bits per heavy atom. The Morgan fingerprint density at radius 2 is 1.90 bits per heavy atom. The molecule has 0 aliphatic heterocycles.